The predicted molar refractivity (Wildman–Crippen MR) is 117 cm³/mol. The first-order valence-electron chi connectivity index (χ1n) is 10.7. The van der Waals surface area contributed by atoms with E-state index in [1.165, 1.54) is 12.7 Å². The predicted octanol–water partition coefficient (Wildman–Crippen LogP) is 3.04. The maximum atomic E-state index is 13.2. The van der Waals surface area contributed by atoms with Gasteiger partial charge in [0.2, 0.25) is 0 Å². The van der Waals surface area contributed by atoms with E-state index in [4.69, 9.17) is 9.97 Å². The number of pyridine rings is 1. The summed E-state index contributed by atoms with van der Waals surface area (Å²) in [4.78, 5) is 26.7. The third kappa shape index (κ3) is 3.93. The fourth-order valence-corrected chi connectivity index (χ4v) is 4.23. The highest BCUT2D eigenvalue weighted by Gasteiger charge is 2.21. The van der Waals surface area contributed by atoms with Crippen molar-refractivity contribution in [1.82, 2.24) is 34.6 Å². The van der Waals surface area contributed by atoms with Crippen LogP contribution in [0.2, 0.25) is 0 Å². The van der Waals surface area contributed by atoms with Gasteiger partial charge < -0.3 is 9.88 Å². The zero-order chi connectivity index (χ0) is 21.2. The largest absolute Gasteiger partial charge is 0.348 e. The summed E-state index contributed by atoms with van der Waals surface area (Å²) in [5.41, 5.74) is 5.10. The van der Waals surface area contributed by atoms with E-state index in [-0.39, 0.29) is 5.91 Å². The summed E-state index contributed by atoms with van der Waals surface area (Å²) in [6.07, 6.45) is 7.61. The quantitative estimate of drug-likeness (QED) is 0.541. The molecule has 0 saturated heterocycles. The summed E-state index contributed by atoms with van der Waals surface area (Å²) in [5.74, 6) is 0.914. The lowest BCUT2D eigenvalue weighted by molar-refractivity contribution is 0.0952. The van der Waals surface area contributed by atoms with Gasteiger partial charge in [0.1, 0.15) is 24.0 Å². The van der Waals surface area contributed by atoms with E-state index in [1.54, 1.807) is 11.0 Å². The van der Waals surface area contributed by atoms with Crippen molar-refractivity contribution in [3.63, 3.8) is 0 Å². The highest BCUT2D eigenvalue weighted by Crippen LogP contribution is 2.24. The number of fused-ring (bicyclic) bond motifs is 3. The number of carbonyl (C=O) groups excluding carboxylic acids is 1. The van der Waals surface area contributed by atoms with Crippen LogP contribution >= 0.6 is 0 Å². The average molecular weight is 416 g/mol. The van der Waals surface area contributed by atoms with Crippen LogP contribution in [0, 0.1) is 6.92 Å². The number of rotatable bonds is 5. The molecule has 3 aromatic heterocycles. The minimum absolute atomic E-state index is 0.126. The minimum atomic E-state index is -0.126. The van der Waals surface area contributed by atoms with Crippen LogP contribution in [0.4, 0.5) is 0 Å². The van der Waals surface area contributed by atoms with Gasteiger partial charge in [-0.1, -0.05) is 30.7 Å². The third-order valence-electron chi connectivity index (χ3n) is 5.79. The molecule has 1 aromatic carbocycles. The van der Waals surface area contributed by atoms with Crippen molar-refractivity contribution in [2.45, 2.75) is 52.2 Å². The summed E-state index contributed by atoms with van der Waals surface area (Å²) in [6, 6.07) is 9.88. The van der Waals surface area contributed by atoms with Crippen LogP contribution in [0.1, 0.15) is 52.3 Å². The number of amides is 1. The van der Waals surface area contributed by atoms with E-state index in [1.807, 2.05) is 37.3 Å². The van der Waals surface area contributed by atoms with E-state index in [9.17, 15) is 4.79 Å². The number of aromatic nitrogens is 6. The zero-order valence-corrected chi connectivity index (χ0v) is 17.6. The second kappa shape index (κ2) is 8.29. The monoisotopic (exact) mass is 415 g/mol. The normalized spacial score (nSPS) is 13.7. The van der Waals surface area contributed by atoms with Gasteiger partial charge >= 0.3 is 0 Å². The van der Waals surface area contributed by atoms with Crippen molar-refractivity contribution in [1.29, 1.82) is 0 Å². The first kappa shape index (κ1) is 19.4. The number of imidazole rings is 1. The van der Waals surface area contributed by atoms with E-state index >= 15 is 0 Å². The number of carbonyl (C=O) groups is 1. The zero-order valence-electron chi connectivity index (χ0n) is 17.6. The number of nitrogens with zero attached hydrogens (tertiary/aromatic N) is 6. The van der Waals surface area contributed by atoms with Gasteiger partial charge in [-0.05, 0) is 37.0 Å². The van der Waals surface area contributed by atoms with Gasteiger partial charge in [0.15, 0.2) is 5.65 Å². The van der Waals surface area contributed by atoms with E-state index in [0.29, 0.717) is 24.2 Å². The number of aryl methyl sites for hydroxylation is 3. The molecule has 0 fully saturated rings. The Morgan fingerprint density at radius 1 is 1.13 bits per heavy atom. The Hall–Kier alpha value is -3.55. The Bertz CT molecular complexity index is 1230. The molecule has 0 unspecified atom stereocenters. The molecule has 1 N–H and O–H groups in total. The fourth-order valence-electron chi connectivity index (χ4n) is 4.23. The Labute approximate surface area is 180 Å². The average Bonchev–Trinajstić information content (AvgIpc) is 3.33. The standard InChI is InChI=1S/C23H25N7O/c1-16-11-19(21-22(27-16)30-10-6-2-3-9-20(30)28-21)23(31)25-12-17-7-4-5-8-18(17)13-29-15-24-14-26-29/h4-5,7-8,11,14-15H,2-3,6,9-10,12-13H2,1H3,(H,25,31). The molecule has 4 heterocycles. The van der Waals surface area contributed by atoms with Crippen LogP contribution < -0.4 is 5.32 Å². The van der Waals surface area contributed by atoms with Crippen molar-refractivity contribution < 1.29 is 4.79 Å². The van der Waals surface area contributed by atoms with Gasteiger partial charge in [0.05, 0.1) is 12.1 Å². The fraction of sp³-hybridized carbons (Fsp3) is 0.348. The van der Waals surface area contributed by atoms with Crippen molar-refractivity contribution in [2.24, 2.45) is 0 Å². The van der Waals surface area contributed by atoms with Crippen LogP contribution in [0.25, 0.3) is 11.2 Å². The molecule has 158 valence electrons. The summed E-state index contributed by atoms with van der Waals surface area (Å²) < 4.78 is 3.97. The molecule has 31 heavy (non-hydrogen) atoms. The first-order valence-corrected chi connectivity index (χ1v) is 10.7. The molecule has 0 radical (unpaired) electrons. The lowest BCUT2D eigenvalue weighted by Gasteiger charge is -2.11. The topological polar surface area (TPSA) is 90.5 Å². The lowest BCUT2D eigenvalue weighted by Crippen LogP contribution is -2.24. The van der Waals surface area contributed by atoms with Crippen LogP contribution in [0.5, 0.6) is 0 Å². The number of benzene rings is 1. The molecular weight excluding hydrogens is 390 g/mol. The Morgan fingerprint density at radius 3 is 2.84 bits per heavy atom. The van der Waals surface area contributed by atoms with Gasteiger partial charge in [-0.25, -0.2) is 19.6 Å². The molecule has 0 saturated carbocycles. The van der Waals surface area contributed by atoms with Crippen molar-refractivity contribution in [2.75, 3.05) is 0 Å². The van der Waals surface area contributed by atoms with E-state index < -0.39 is 0 Å². The SMILES string of the molecule is Cc1cc(C(=O)NCc2ccccc2Cn2cncn2)c2nc3n(c2n1)CCCCC3. The van der Waals surface area contributed by atoms with Crippen molar-refractivity contribution in [3.8, 4) is 0 Å². The van der Waals surface area contributed by atoms with Crippen LogP contribution in [0.15, 0.2) is 43.0 Å². The Kier molecular flexibility index (Phi) is 5.19. The van der Waals surface area contributed by atoms with E-state index in [2.05, 4.69) is 20.0 Å². The summed E-state index contributed by atoms with van der Waals surface area (Å²) in [5, 5.41) is 7.26. The molecule has 0 bridgehead atoms. The summed E-state index contributed by atoms with van der Waals surface area (Å²) in [6.45, 7) is 3.89. The molecule has 8 nitrogen and oxygen atoms in total. The molecule has 4 aromatic rings. The molecule has 0 spiro atoms. The van der Waals surface area contributed by atoms with Gasteiger partial charge in [0, 0.05) is 25.2 Å². The maximum absolute atomic E-state index is 13.2. The Morgan fingerprint density at radius 2 is 2.00 bits per heavy atom. The lowest BCUT2D eigenvalue weighted by atomic mass is 10.1. The minimum Gasteiger partial charge on any atom is -0.348 e. The van der Waals surface area contributed by atoms with Crippen molar-refractivity contribution >= 4 is 17.1 Å². The second-order valence-corrected chi connectivity index (χ2v) is 8.02. The number of hydrogen-bond donors (Lipinski definition) is 1. The van der Waals surface area contributed by atoms with Gasteiger partial charge in [0.25, 0.3) is 5.91 Å². The molecular formula is C23H25N7O. The van der Waals surface area contributed by atoms with E-state index in [0.717, 1.165) is 54.1 Å². The molecule has 0 aliphatic carbocycles. The number of hydrogen-bond acceptors (Lipinski definition) is 5. The molecule has 5 rings (SSSR count). The van der Waals surface area contributed by atoms with Crippen LogP contribution in [0.3, 0.4) is 0 Å². The summed E-state index contributed by atoms with van der Waals surface area (Å²) in [7, 11) is 0. The molecule has 0 atom stereocenters. The molecule has 1 aliphatic heterocycles. The second-order valence-electron chi connectivity index (χ2n) is 8.02. The van der Waals surface area contributed by atoms with Crippen LogP contribution in [-0.4, -0.2) is 35.2 Å². The summed E-state index contributed by atoms with van der Waals surface area (Å²) >= 11 is 0. The smallest absolute Gasteiger partial charge is 0.253 e. The molecule has 1 amide bonds. The highest BCUT2D eigenvalue weighted by atomic mass is 16.1. The highest BCUT2D eigenvalue weighted by molar-refractivity contribution is 6.04. The Balaban J connectivity index is 1.40. The van der Waals surface area contributed by atoms with Crippen LogP contribution in [-0.2, 0) is 26.1 Å². The third-order valence-corrected chi connectivity index (χ3v) is 5.79. The molecule has 8 heteroatoms. The van der Waals surface area contributed by atoms with Crippen molar-refractivity contribution in [3.05, 3.63) is 71.2 Å². The van der Waals surface area contributed by atoms with Gasteiger partial charge in [-0.2, -0.15) is 5.10 Å². The first-order chi connectivity index (χ1) is 15.2. The van der Waals surface area contributed by atoms with Gasteiger partial charge in [-0.3, -0.25) is 4.79 Å². The molecule has 1 aliphatic rings. The number of nitrogens with one attached hydrogen (secondary N) is 1. The maximum Gasteiger partial charge on any atom is 0.253 e. The van der Waals surface area contributed by atoms with Gasteiger partial charge in [-0.15, -0.1) is 0 Å².